The van der Waals surface area contributed by atoms with Crippen LogP contribution < -0.4 is 14.4 Å². The number of amides is 2. The van der Waals surface area contributed by atoms with E-state index in [1.54, 1.807) is 14.2 Å². The molecule has 2 amide bonds. The Hall–Kier alpha value is -3.53. The van der Waals surface area contributed by atoms with Crippen molar-refractivity contribution in [1.29, 1.82) is 0 Å². The monoisotopic (exact) mass is 524 g/mol. The normalized spacial score (nSPS) is 17.2. The highest BCUT2D eigenvalue weighted by molar-refractivity contribution is 8.15. The zero-order chi connectivity index (χ0) is 26.7. The van der Waals surface area contributed by atoms with Crippen molar-refractivity contribution in [2.75, 3.05) is 39.3 Å². The Morgan fingerprint density at radius 1 is 1.11 bits per heavy atom. The summed E-state index contributed by atoms with van der Waals surface area (Å²) in [5.41, 5.74) is 4.67. The molecule has 0 N–H and O–H groups in total. The number of imide groups is 1. The standard InChI is InChI=1S/C27H32N4O5S/c1-7-28-24(19-11-13-21(34-4)22(16-19)35-5)30-14-8-9-17-15-18(10-12-20(17)30)23-27(2,3)37-26(33)31(29-23)25(32)36-6/h10-13,15-16H,7-9,14H2,1-6H3. The number of carbonyl (C=O) groups is 2. The van der Waals surface area contributed by atoms with Crippen LogP contribution in [0.4, 0.5) is 15.3 Å². The van der Waals surface area contributed by atoms with Gasteiger partial charge >= 0.3 is 11.3 Å². The summed E-state index contributed by atoms with van der Waals surface area (Å²) < 4.78 is 15.1. The Morgan fingerprint density at radius 3 is 2.54 bits per heavy atom. The third kappa shape index (κ3) is 5.16. The highest BCUT2D eigenvalue weighted by atomic mass is 32.2. The number of anilines is 1. The molecule has 0 spiro atoms. The molecule has 0 aromatic heterocycles. The highest BCUT2D eigenvalue weighted by Crippen LogP contribution is 2.38. The number of hydrazone groups is 1. The number of fused-ring (bicyclic) bond motifs is 1. The molecule has 0 bridgehead atoms. The smallest absolute Gasteiger partial charge is 0.438 e. The lowest BCUT2D eigenvalue weighted by Crippen LogP contribution is -2.43. The van der Waals surface area contributed by atoms with Gasteiger partial charge in [-0.1, -0.05) is 6.07 Å². The molecule has 10 heteroatoms. The highest BCUT2D eigenvalue weighted by Gasteiger charge is 2.40. The molecule has 2 heterocycles. The summed E-state index contributed by atoms with van der Waals surface area (Å²) in [6, 6.07) is 12.0. The lowest BCUT2D eigenvalue weighted by Gasteiger charge is -2.35. The first-order valence-corrected chi connectivity index (χ1v) is 12.9. The van der Waals surface area contributed by atoms with Crippen molar-refractivity contribution in [2.24, 2.45) is 10.1 Å². The molecule has 0 unspecified atom stereocenters. The summed E-state index contributed by atoms with van der Waals surface area (Å²) in [7, 11) is 4.48. The summed E-state index contributed by atoms with van der Waals surface area (Å²) in [5.74, 6) is 2.18. The average Bonchev–Trinajstić information content (AvgIpc) is 2.90. The second-order valence-electron chi connectivity index (χ2n) is 9.08. The first-order chi connectivity index (χ1) is 17.7. The number of methoxy groups -OCH3 is 3. The number of amidine groups is 1. The van der Waals surface area contributed by atoms with Gasteiger partial charge in [-0.05, 0) is 86.8 Å². The maximum Gasteiger partial charge on any atom is 0.438 e. The van der Waals surface area contributed by atoms with Crippen LogP contribution in [-0.2, 0) is 11.2 Å². The summed E-state index contributed by atoms with van der Waals surface area (Å²) in [5, 5.41) is 4.75. The molecule has 4 rings (SSSR count). The van der Waals surface area contributed by atoms with Crippen LogP contribution in [-0.4, -0.2) is 67.1 Å². The number of benzene rings is 2. The number of nitrogens with zero attached hydrogens (tertiary/aromatic N) is 4. The quantitative estimate of drug-likeness (QED) is 0.385. The molecular formula is C27H32N4O5S. The van der Waals surface area contributed by atoms with Crippen LogP contribution >= 0.6 is 11.8 Å². The van der Waals surface area contributed by atoms with Crippen molar-refractivity contribution in [2.45, 2.75) is 38.4 Å². The second kappa shape index (κ2) is 10.8. The van der Waals surface area contributed by atoms with Gasteiger partial charge in [-0.15, -0.1) is 5.01 Å². The Bertz CT molecular complexity index is 1270. The van der Waals surface area contributed by atoms with Crippen LogP contribution in [0, 0.1) is 0 Å². The van der Waals surface area contributed by atoms with Crippen LogP contribution in [0.1, 0.15) is 43.9 Å². The predicted molar refractivity (Wildman–Crippen MR) is 147 cm³/mol. The van der Waals surface area contributed by atoms with Gasteiger partial charge in [-0.2, -0.15) is 5.10 Å². The van der Waals surface area contributed by atoms with Gasteiger partial charge in [-0.25, -0.2) is 4.79 Å². The predicted octanol–water partition coefficient (Wildman–Crippen LogP) is 5.34. The van der Waals surface area contributed by atoms with Gasteiger partial charge < -0.3 is 19.1 Å². The lowest BCUT2D eigenvalue weighted by atomic mass is 9.93. The maximum absolute atomic E-state index is 12.5. The molecule has 2 aliphatic rings. The number of rotatable bonds is 5. The number of thioether (sulfide) groups is 1. The van der Waals surface area contributed by atoms with Gasteiger partial charge in [0.2, 0.25) is 0 Å². The molecule has 9 nitrogen and oxygen atoms in total. The van der Waals surface area contributed by atoms with Crippen LogP contribution in [0.3, 0.4) is 0 Å². The van der Waals surface area contributed by atoms with Crippen molar-refractivity contribution >= 4 is 40.3 Å². The number of hydrogen-bond acceptors (Lipinski definition) is 8. The average molecular weight is 525 g/mol. The maximum atomic E-state index is 12.5. The van der Waals surface area contributed by atoms with E-state index in [4.69, 9.17) is 19.2 Å². The zero-order valence-corrected chi connectivity index (χ0v) is 22.8. The number of ether oxygens (including phenoxy) is 3. The SMILES string of the molecule is CCN=C(c1ccc(OC)c(OC)c1)N1CCCc2cc(C3=NN(C(=O)OC)C(=O)SC3(C)C)ccc21. The van der Waals surface area contributed by atoms with E-state index in [-0.39, 0.29) is 0 Å². The van der Waals surface area contributed by atoms with Crippen LogP contribution in [0.15, 0.2) is 46.5 Å². The third-order valence-corrected chi connectivity index (χ3v) is 7.36. The zero-order valence-electron chi connectivity index (χ0n) is 22.0. The molecule has 0 fully saturated rings. The summed E-state index contributed by atoms with van der Waals surface area (Å²) in [6.45, 7) is 7.33. The first-order valence-electron chi connectivity index (χ1n) is 12.1. The van der Waals surface area contributed by atoms with E-state index < -0.39 is 16.1 Å². The molecule has 0 radical (unpaired) electrons. The van der Waals surface area contributed by atoms with Crippen molar-refractivity contribution in [3.63, 3.8) is 0 Å². The van der Waals surface area contributed by atoms with Gasteiger partial charge in [0.25, 0.3) is 0 Å². The molecule has 0 atom stereocenters. The van der Waals surface area contributed by atoms with Gasteiger partial charge in [0, 0.05) is 24.3 Å². The minimum Gasteiger partial charge on any atom is -0.493 e. The fourth-order valence-corrected chi connectivity index (χ4v) is 5.49. The summed E-state index contributed by atoms with van der Waals surface area (Å²) >= 11 is 1.06. The molecule has 2 aromatic carbocycles. The first kappa shape index (κ1) is 26.5. The molecule has 0 saturated heterocycles. The van der Waals surface area contributed by atoms with Crippen molar-refractivity contribution in [3.8, 4) is 11.5 Å². The number of aliphatic imine (C=N–C) groups is 1. The van der Waals surface area contributed by atoms with E-state index >= 15 is 0 Å². The van der Waals surface area contributed by atoms with E-state index in [1.165, 1.54) is 7.11 Å². The van der Waals surface area contributed by atoms with E-state index in [9.17, 15) is 9.59 Å². The van der Waals surface area contributed by atoms with E-state index in [0.717, 1.165) is 64.4 Å². The molecule has 0 aliphatic carbocycles. The second-order valence-corrected chi connectivity index (χ2v) is 10.6. The van der Waals surface area contributed by atoms with E-state index in [0.29, 0.717) is 23.8 Å². The Labute approximate surface area is 221 Å². The van der Waals surface area contributed by atoms with Crippen molar-refractivity contribution < 1.29 is 23.8 Å². The Morgan fingerprint density at radius 2 is 1.86 bits per heavy atom. The largest absolute Gasteiger partial charge is 0.493 e. The lowest BCUT2D eigenvalue weighted by molar-refractivity contribution is 0.136. The van der Waals surface area contributed by atoms with Crippen LogP contribution in [0.2, 0.25) is 0 Å². The van der Waals surface area contributed by atoms with Gasteiger partial charge in [0.15, 0.2) is 11.5 Å². The molecule has 0 saturated carbocycles. The summed E-state index contributed by atoms with van der Waals surface area (Å²) in [6.07, 6.45) is 1.04. The fourth-order valence-electron chi connectivity index (χ4n) is 4.60. The topological polar surface area (TPSA) is 93.0 Å². The third-order valence-electron chi connectivity index (χ3n) is 6.31. The summed E-state index contributed by atoms with van der Waals surface area (Å²) in [4.78, 5) is 31.7. The Kier molecular flexibility index (Phi) is 7.77. The van der Waals surface area contributed by atoms with E-state index in [1.807, 2.05) is 45.0 Å². The van der Waals surface area contributed by atoms with Crippen molar-refractivity contribution in [1.82, 2.24) is 5.01 Å². The molecule has 2 aromatic rings. The minimum absolute atomic E-state index is 0.458. The van der Waals surface area contributed by atoms with Crippen molar-refractivity contribution in [3.05, 3.63) is 53.1 Å². The fraction of sp³-hybridized carbons (Fsp3) is 0.407. The number of hydrogen-bond donors (Lipinski definition) is 0. The Balaban J connectivity index is 1.75. The number of carbonyl (C=O) groups excluding carboxylic acids is 2. The molecule has 196 valence electrons. The molecular weight excluding hydrogens is 492 g/mol. The van der Waals surface area contributed by atoms with Gasteiger partial charge in [0.1, 0.15) is 5.84 Å². The van der Waals surface area contributed by atoms with Crippen LogP contribution in [0.25, 0.3) is 0 Å². The molecule has 2 aliphatic heterocycles. The van der Waals surface area contributed by atoms with Crippen LogP contribution in [0.5, 0.6) is 11.5 Å². The minimum atomic E-state index is -0.801. The number of aryl methyl sites for hydroxylation is 1. The molecule has 37 heavy (non-hydrogen) atoms. The van der Waals surface area contributed by atoms with Gasteiger partial charge in [0.05, 0.1) is 31.8 Å². The van der Waals surface area contributed by atoms with E-state index in [2.05, 4.69) is 22.1 Å². The van der Waals surface area contributed by atoms with Gasteiger partial charge in [-0.3, -0.25) is 9.79 Å².